The van der Waals surface area contributed by atoms with Gasteiger partial charge < -0.3 is 19.5 Å². The van der Waals surface area contributed by atoms with Gasteiger partial charge in [-0.15, -0.1) is 0 Å². The van der Waals surface area contributed by atoms with E-state index >= 15 is 0 Å². The third-order valence-electron chi connectivity index (χ3n) is 5.10. The highest BCUT2D eigenvalue weighted by atomic mass is 16.5. The Balaban J connectivity index is 2.02. The van der Waals surface area contributed by atoms with E-state index in [-0.39, 0.29) is 30.5 Å². The monoisotopic (exact) mass is 416 g/mol. The van der Waals surface area contributed by atoms with E-state index in [4.69, 9.17) is 9.72 Å². The molecule has 0 saturated carbocycles. The third-order valence-corrected chi connectivity index (χ3v) is 5.10. The normalized spacial score (nSPS) is 11.4. The predicted octanol–water partition coefficient (Wildman–Crippen LogP) is 3.16. The van der Waals surface area contributed by atoms with Crippen LogP contribution in [0.5, 0.6) is 0 Å². The molecule has 30 heavy (non-hydrogen) atoms. The van der Waals surface area contributed by atoms with Crippen molar-refractivity contribution in [1.29, 1.82) is 0 Å². The van der Waals surface area contributed by atoms with Gasteiger partial charge in [0.1, 0.15) is 19.0 Å². The fourth-order valence-electron chi connectivity index (χ4n) is 3.88. The van der Waals surface area contributed by atoms with Crippen LogP contribution in [0.3, 0.4) is 0 Å². The van der Waals surface area contributed by atoms with Gasteiger partial charge in [0.2, 0.25) is 11.8 Å². The Labute approximate surface area is 179 Å². The third kappa shape index (κ3) is 6.55. The smallest absolute Gasteiger partial charge is 0.245 e. The number of nitrogens with one attached hydrogen (secondary N) is 1. The Morgan fingerprint density at radius 3 is 2.47 bits per heavy atom. The van der Waals surface area contributed by atoms with Gasteiger partial charge >= 0.3 is 0 Å². The summed E-state index contributed by atoms with van der Waals surface area (Å²) in [6, 6.07) is 8.30. The van der Waals surface area contributed by atoms with Crippen LogP contribution in [0.25, 0.3) is 11.0 Å². The molecule has 0 aliphatic rings. The minimum atomic E-state index is -0.0855. The van der Waals surface area contributed by atoms with Gasteiger partial charge in [-0.1, -0.05) is 18.6 Å². The van der Waals surface area contributed by atoms with Gasteiger partial charge in [0, 0.05) is 32.2 Å². The van der Waals surface area contributed by atoms with Gasteiger partial charge in [-0.3, -0.25) is 9.59 Å². The second kappa shape index (κ2) is 11.7. The molecule has 2 rings (SSSR count). The average molecular weight is 417 g/mol. The molecule has 0 aliphatic heterocycles. The van der Waals surface area contributed by atoms with Crippen LogP contribution in [-0.4, -0.2) is 58.6 Å². The number of rotatable bonds is 12. The Bertz CT molecular complexity index is 821. The summed E-state index contributed by atoms with van der Waals surface area (Å²) in [5.74, 6) is 0.975. The van der Waals surface area contributed by atoms with Gasteiger partial charge in [0.05, 0.1) is 11.0 Å². The lowest BCUT2D eigenvalue weighted by molar-refractivity contribution is -0.135. The second-order valence-corrected chi connectivity index (χ2v) is 8.19. The van der Waals surface area contributed by atoms with Gasteiger partial charge in [-0.05, 0) is 52.7 Å². The first-order valence-electron chi connectivity index (χ1n) is 10.9. The van der Waals surface area contributed by atoms with Crippen molar-refractivity contribution >= 4 is 22.8 Å². The van der Waals surface area contributed by atoms with Crippen molar-refractivity contribution < 1.29 is 14.3 Å². The largest absolute Gasteiger partial charge is 0.375 e. The molecule has 0 aliphatic carbocycles. The number of unbranched alkanes of at least 4 members (excludes halogenated alkanes) is 2. The van der Waals surface area contributed by atoms with E-state index in [1.807, 2.05) is 29.2 Å². The predicted molar refractivity (Wildman–Crippen MR) is 119 cm³/mol. The van der Waals surface area contributed by atoms with Crippen molar-refractivity contribution in [2.24, 2.45) is 0 Å². The molecule has 0 saturated heterocycles. The molecular weight excluding hydrogens is 380 g/mol. The first-order chi connectivity index (χ1) is 14.3. The number of ether oxygens (including phenoxy) is 1. The zero-order valence-corrected chi connectivity index (χ0v) is 19.0. The molecule has 0 atom stereocenters. The van der Waals surface area contributed by atoms with Crippen molar-refractivity contribution in [2.45, 2.75) is 72.0 Å². The number of hydrogen-bond acceptors (Lipinski definition) is 4. The first-order valence-corrected chi connectivity index (χ1v) is 10.9. The Hall–Kier alpha value is -2.41. The zero-order valence-electron chi connectivity index (χ0n) is 19.0. The Morgan fingerprint density at radius 2 is 1.80 bits per heavy atom. The van der Waals surface area contributed by atoms with Gasteiger partial charge in [-0.25, -0.2) is 4.98 Å². The number of hydrogen-bond donors (Lipinski definition) is 1. The van der Waals surface area contributed by atoms with Crippen molar-refractivity contribution in [1.82, 2.24) is 19.8 Å². The molecule has 0 fully saturated rings. The highest BCUT2D eigenvalue weighted by molar-refractivity contribution is 5.81. The molecule has 1 N–H and O–H groups in total. The molecule has 0 spiro atoms. The summed E-state index contributed by atoms with van der Waals surface area (Å²) >= 11 is 0. The number of amides is 2. The average Bonchev–Trinajstić information content (AvgIpc) is 3.01. The lowest BCUT2D eigenvalue weighted by Crippen LogP contribution is -2.43. The number of carbonyl (C=O) groups excluding carboxylic acids is 2. The summed E-state index contributed by atoms with van der Waals surface area (Å²) < 4.78 is 6.87. The number of nitrogens with zero attached hydrogens (tertiary/aromatic N) is 3. The minimum absolute atomic E-state index is 0.0855. The summed E-state index contributed by atoms with van der Waals surface area (Å²) in [4.78, 5) is 31.2. The van der Waals surface area contributed by atoms with E-state index in [2.05, 4.69) is 37.6 Å². The SMILES string of the molecule is COCC(=O)NCCCCCc1nc2ccccc2n1CC(=O)N(C(C)C)C(C)C. The topological polar surface area (TPSA) is 76.5 Å². The van der Waals surface area contributed by atoms with Crippen LogP contribution in [0, 0.1) is 0 Å². The Kier molecular flexibility index (Phi) is 9.30. The molecule has 0 bridgehead atoms. The van der Waals surface area contributed by atoms with Crippen molar-refractivity contribution in [3.63, 3.8) is 0 Å². The number of methoxy groups -OCH3 is 1. The number of carbonyl (C=O) groups is 2. The highest BCUT2D eigenvalue weighted by Gasteiger charge is 2.22. The number of benzene rings is 1. The Morgan fingerprint density at radius 1 is 1.10 bits per heavy atom. The molecule has 1 heterocycles. The molecule has 7 nitrogen and oxygen atoms in total. The fraction of sp³-hybridized carbons (Fsp3) is 0.609. The van der Waals surface area contributed by atoms with E-state index in [1.54, 1.807) is 0 Å². The molecule has 7 heteroatoms. The van der Waals surface area contributed by atoms with Gasteiger partial charge in [0.25, 0.3) is 0 Å². The molecule has 166 valence electrons. The van der Waals surface area contributed by atoms with Crippen LogP contribution in [0.1, 0.15) is 52.8 Å². The maximum atomic E-state index is 13.0. The summed E-state index contributed by atoms with van der Waals surface area (Å²) in [6.45, 7) is 9.26. The van der Waals surface area contributed by atoms with Crippen LogP contribution >= 0.6 is 0 Å². The lowest BCUT2D eigenvalue weighted by Gasteiger charge is -2.31. The highest BCUT2D eigenvalue weighted by Crippen LogP contribution is 2.19. The van der Waals surface area contributed by atoms with Crippen LogP contribution < -0.4 is 5.32 Å². The van der Waals surface area contributed by atoms with E-state index < -0.39 is 0 Å². The maximum Gasteiger partial charge on any atom is 0.245 e. The second-order valence-electron chi connectivity index (χ2n) is 8.19. The molecule has 2 aromatic rings. The van der Waals surface area contributed by atoms with Crippen LogP contribution in [-0.2, 0) is 27.3 Å². The van der Waals surface area contributed by atoms with Gasteiger partial charge in [-0.2, -0.15) is 0 Å². The first kappa shape index (κ1) is 23.9. The molecule has 2 amide bonds. The van der Waals surface area contributed by atoms with Crippen molar-refractivity contribution in [3.8, 4) is 0 Å². The minimum Gasteiger partial charge on any atom is -0.375 e. The number of fused-ring (bicyclic) bond motifs is 1. The van der Waals surface area contributed by atoms with Crippen LogP contribution in [0.2, 0.25) is 0 Å². The summed E-state index contributed by atoms with van der Waals surface area (Å²) in [5.41, 5.74) is 1.92. The maximum absolute atomic E-state index is 13.0. The van der Waals surface area contributed by atoms with E-state index in [0.29, 0.717) is 13.1 Å². The molecule has 1 aromatic heterocycles. The van der Waals surface area contributed by atoms with E-state index in [0.717, 1.165) is 42.5 Å². The zero-order chi connectivity index (χ0) is 22.1. The van der Waals surface area contributed by atoms with Gasteiger partial charge in [0.15, 0.2) is 0 Å². The lowest BCUT2D eigenvalue weighted by atomic mass is 10.2. The van der Waals surface area contributed by atoms with Crippen molar-refractivity contribution in [3.05, 3.63) is 30.1 Å². The summed E-state index contributed by atoms with van der Waals surface area (Å²) in [7, 11) is 1.51. The standard InChI is InChI=1S/C23H36N4O3/c1-17(2)27(18(3)4)23(29)15-26-20-12-9-8-11-19(20)25-21(26)13-7-6-10-14-24-22(28)16-30-5/h8-9,11-12,17-18H,6-7,10,13-16H2,1-5H3,(H,24,28). The quantitative estimate of drug-likeness (QED) is 0.539. The fourth-order valence-corrected chi connectivity index (χ4v) is 3.88. The number of aromatic nitrogens is 2. The number of aryl methyl sites for hydroxylation is 1. The molecule has 0 unspecified atom stereocenters. The summed E-state index contributed by atoms with van der Waals surface area (Å²) in [6.07, 6.45) is 3.64. The van der Waals surface area contributed by atoms with E-state index in [1.165, 1.54) is 7.11 Å². The number of imidazole rings is 1. The van der Waals surface area contributed by atoms with Crippen LogP contribution in [0.4, 0.5) is 0 Å². The van der Waals surface area contributed by atoms with Crippen molar-refractivity contribution in [2.75, 3.05) is 20.3 Å². The molecule has 0 radical (unpaired) electrons. The summed E-state index contributed by atoms with van der Waals surface area (Å²) in [5, 5.41) is 2.84. The molecule has 1 aromatic carbocycles. The number of para-hydroxylation sites is 2. The molecular formula is C23H36N4O3. The van der Waals surface area contributed by atoms with E-state index in [9.17, 15) is 9.59 Å². The van der Waals surface area contributed by atoms with Crippen LogP contribution in [0.15, 0.2) is 24.3 Å².